The lowest BCUT2D eigenvalue weighted by atomic mass is 10.1. The molecule has 0 aromatic heterocycles. The summed E-state index contributed by atoms with van der Waals surface area (Å²) in [7, 11) is 0. The summed E-state index contributed by atoms with van der Waals surface area (Å²) in [6.07, 6.45) is -2.39. The Labute approximate surface area is 73.2 Å². The lowest BCUT2D eigenvalue weighted by molar-refractivity contribution is -0.111. The van der Waals surface area contributed by atoms with Crippen molar-refractivity contribution >= 4 is 6.29 Å². The summed E-state index contributed by atoms with van der Waals surface area (Å²) in [5, 5.41) is 0. The number of benzene rings is 1. The summed E-state index contributed by atoms with van der Waals surface area (Å²) in [5.74, 6) is -1.66. The zero-order valence-corrected chi connectivity index (χ0v) is 6.64. The van der Waals surface area contributed by atoms with Crippen LogP contribution in [-0.4, -0.2) is 12.5 Å². The zero-order chi connectivity index (χ0) is 9.84. The Balaban J connectivity index is 2.93. The average molecular weight is 188 g/mol. The van der Waals surface area contributed by atoms with Gasteiger partial charge < -0.3 is 4.79 Å². The average Bonchev–Trinajstić information content (AvgIpc) is 2.11. The van der Waals surface area contributed by atoms with Gasteiger partial charge in [0.2, 0.25) is 0 Å². The monoisotopic (exact) mass is 188 g/mol. The molecule has 13 heavy (non-hydrogen) atoms. The van der Waals surface area contributed by atoms with Crippen molar-refractivity contribution < 1.29 is 18.0 Å². The molecule has 0 N–H and O–H groups in total. The highest BCUT2D eigenvalue weighted by molar-refractivity contribution is 5.56. The summed E-state index contributed by atoms with van der Waals surface area (Å²) in [4.78, 5) is 9.91. The van der Waals surface area contributed by atoms with Crippen molar-refractivity contribution in [3.05, 3.63) is 35.4 Å². The Morgan fingerprint density at radius 2 is 1.85 bits per heavy atom. The molecule has 1 nitrogen and oxygen atoms in total. The van der Waals surface area contributed by atoms with Crippen LogP contribution in [0.5, 0.6) is 0 Å². The molecular formula is C9H7F3O. The maximum Gasteiger partial charge on any atom is 0.159 e. The number of hydrogen-bond acceptors (Lipinski definition) is 1. The molecule has 4 heteroatoms. The lowest BCUT2D eigenvalue weighted by Gasteiger charge is -2.03. The summed E-state index contributed by atoms with van der Waals surface area (Å²) in [5.41, 5.74) is -0.387. The summed E-state index contributed by atoms with van der Waals surface area (Å²) < 4.78 is 38.1. The minimum Gasteiger partial charge on any atom is -0.300 e. The number of aldehydes is 1. The van der Waals surface area contributed by atoms with Crippen LogP contribution in [0.4, 0.5) is 13.2 Å². The Bertz CT molecular complexity index is 291. The Morgan fingerprint density at radius 1 is 1.31 bits per heavy atom. The van der Waals surface area contributed by atoms with Gasteiger partial charge in [-0.1, -0.05) is 6.07 Å². The largest absolute Gasteiger partial charge is 0.300 e. The molecule has 0 spiro atoms. The Morgan fingerprint density at radius 3 is 2.31 bits per heavy atom. The Hall–Kier alpha value is -1.32. The maximum absolute atomic E-state index is 12.8. The smallest absolute Gasteiger partial charge is 0.159 e. The fourth-order valence-electron chi connectivity index (χ4n) is 0.970. The zero-order valence-electron chi connectivity index (χ0n) is 6.64. The maximum atomic E-state index is 12.8. The van der Waals surface area contributed by atoms with E-state index >= 15 is 0 Å². The fourth-order valence-corrected chi connectivity index (χ4v) is 0.970. The molecule has 0 radical (unpaired) electrons. The van der Waals surface area contributed by atoms with E-state index in [4.69, 9.17) is 0 Å². The third kappa shape index (κ3) is 2.31. The van der Waals surface area contributed by atoms with Gasteiger partial charge in [-0.2, -0.15) is 0 Å². The van der Waals surface area contributed by atoms with Crippen LogP contribution in [-0.2, 0) is 11.2 Å². The standard InChI is InChI=1S/C9H7F3O/c10-6(5-13)4-7-8(11)2-1-3-9(7)12/h1-3,5-6H,4H2. The van der Waals surface area contributed by atoms with E-state index in [1.165, 1.54) is 6.07 Å². The van der Waals surface area contributed by atoms with Gasteiger partial charge in [0.15, 0.2) is 12.5 Å². The first-order chi connectivity index (χ1) is 6.15. The highest BCUT2D eigenvalue weighted by Crippen LogP contribution is 2.14. The van der Waals surface area contributed by atoms with Gasteiger partial charge in [0.05, 0.1) is 0 Å². The van der Waals surface area contributed by atoms with Gasteiger partial charge in [0.25, 0.3) is 0 Å². The predicted octanol–water partition coefficient (Wildman–Crippen LogP) is 2.04. The minimum absolute atomic E-state index is 0.0197. The topological polar surface area (TPSA) is 17.1 Å². The van der Waals surface area contributed by atoms with Crippen molar-refractivity contribution in [3.8, 4) is 0 Å². The van der Waals surface area contributed by atoms with Crippen LogP contribution >= 0.6 is 0 Å². The number of hydrogen-bond donors (Lipinski definition) is 0. The van der Waals surface area contributed by atoms with Crippen molar-refractivity contribution in [2.24, 2.45) is 0 Å². The second kappa shape index (κ2) is 4.07. The first-order valence-corrected chi connectivity index (χ1v) is 3.67. The molecule has 0 saturated heterocycles. The number of halogens is 3. The summed E-state index contributed by atoms with van der Waals surface area (Å²) in [6, 6.07) is 3.23. The molecule has 0 heterocycles. The van der Waals surface area contributed by atoms with Crippen LogP contribution in [0.2, 0.25) is 0 Å². The molecule has 0 aliphatic heterocycles. The van der Waals surface area contributed by atoms with Crippen LogP contribution < -0.4 is 0 Å². The van der Waals surface area contributed by atoms with Gasteiger partial charge in [-0.3, -0.25) is 0 Å². The second-order valence-corrected chi connectivity index (χ2v) is 2.56. The van der Waals surface area contributed by atoms with E-state index in [2.05, 4.69) is 0 Å². The molecule has 1 unspecified atom stereocenters. The van der Waals surface area contributed by atoms with Crippen LogP contribution in [0, 0.1) is 11.6 Å². The number of alkyl halides is 1. The van der Waals surface area contributed by atoms with Gasteiger partial charge in [-0.05, 0) is 12.1 Å². The molecule has 0 bridgehead atoms. The molecule has 0 saturated carbocycles. The van der Waals surface area contributed by atoms with Crippen molar-refractivity contribution in [3.63, 3.8) is 0 Å². The molecule has 70 valence electrons. The highest BCUT2D eigenvalue weighted by atomic mass is 19.1. The fraction of sp³-hybridized carbons (Fsp3) is 0.222. The number of carbonyl (C=O) groups is 1. The van der Waals surface area contributed by atoms with Gasteiger partial charge in [-0.25, -0.2) is 13.2 Å². The summed E-state index contributed by atoms with van der Waals surface area (Å²) in [6.45, 7) is 0. The molecular weight excluding hydrogens is 181 g/mol. The number of carbonyl (C=O) groups excluding carboxylic acids is 1. The number of rotatable bonds is 3. The molecule has 1 rings (SSSR count). The second-order valence-electron chi connectivity index (χ2n) is 2.56. The molecule has 1 atom stereocenters. The van der Waals surface area contributed by atoms with Crippen molar-refractivity contribution in [1.82, 2.24) is 0 Å². The van der Waals surface area contributed by atoms with E-state index in [-0.39, 0.29) is 11.8 Å². The van der Waals surface area contributed by atoms with E-state index in [1.54, 1.807) is 0 Å². The SMILES string of the molecule is O=CC(F)Cc1c(F)cccc1F. The first kappa shape index (κ1) is 9.77. The molecule has 1 aromatic rings. The van der Waals surface area contributed by atoms with E-state index in [9.17, 15) is 18.0 Å². The van der Waals surface area contributed by atoms with Crippen molar-refractivity contribution in [1.29, 1.82) is 0 Å². The van der Waals surface area contributed by atoms with E-state index in [0.29, 0.717) is 0 Å². The molecule has 1 aromatic carbocycles. The highest BCUT2D eigenvalue weighted by Gasteiger charge is 2.13. The third-order valence-corrected chi connectivity index (χ3v) is 1.61. The normalized spacial score (nSPS) is 12.5. The van der Waals surface area contributed by atoms with Gasteiger partial charge in [-0.15, -0.1) is 0 Å². The van der Waals surface area contributed by atoms with Crippen molar-refractivity contribution in [2.75, 3.05) is 0 Å². The molecule has 0 aliphatic carbocycles. The van der Waals surface area contributed by atoms with Crippen LogP contribution in [0.25, 0.3) is 0 Å². The van der Waals surface area contributed by atoms with E-state index in [1.807, 2.05) is 0 Å². The third-order valence-electron chi connectivity index (χ3n) is 1.61. The lowest BCUT2D eigenvalue weighted by Crippen LogP contribution is -2.09. The summed E-state index contributed by atoms with van der Waals surface area (Å²) >= 11 is 0. The van der Waals surface area contributed by atoms with Crippen LogP contribution in [0.15, 0.2) is 18.2 Å². The van der Waals surface area contributed by atoms with Crippen LogP contribution in [0.1, 0.15) is 5.56 Å². The van der Waals surface area contributed by atoms with Gasteiger partial charge >= 0.3 is 0 Å². The quantitative estimate of drug-likeness (QED) is 0.663. The van der Waals surface area contributed by atoms with E-state index < -0.39 is 24.2 Å². The van der Waals surface area contributed by atoms with Gasteiger partial charge in [0.1, 0.15) is 11.6 Å². The molecule has 0 amide bonds. The Kier molecular flexibility index (Phi) is 3.06. The van der Waals surface area contributed by atoms with Crippen LogP contribution in [0.3, 0.4) is 0 Å². The van der Waals surface area contributed by atoms with Gasteiger partial charge in [0, 0.05) is 12.0 Å². The molecule has 0 fully saturated rings. The van der Waals surface area contributed by atoms with Crippen molar-refractivity contribution in [2.45, 2.75) is 12.6 Å². The minimum atomic E-state index is -1.86. The molecule has 0 aliphatic rings. The predicted molar refractivity (Wildman–Crippen MR) is 41.0 cm³/mol. The first-order valence-electron chi connectivity index (χ1n) is 3.67. The van der Waals surface area contributed by atoms with E-state index in [0.717, 1.165) is 12.1 Å².